The second-order valence-corrected chi connectivity index (χ2v) is 7.63. The molecule has 0 aliphatic carbocycles. The predicted molar refractivity (Wildman–Crippen MR) is 119 cm³/mol. The molecular weight excluding hydrogens is 478 g/mol. The van der Waals surface area contributed by atoms with Crippen molar-refractivity contribution in [1.29, 1.82) is 0 Å². The molecule has 0 unspecified atom stereocenters. The van der Waals surface area contributed by atoms with Gasteiger partial charge in [0.05, 0.1) is 0 Å². The zero-order chi connectivity index (χ0) is 26.0. The summed E-state index contributed by atoms with van der Waals surface area (Å²) in [6, 6.07) is 6.56. The maximum atomic E-state index is 14.6. The molecule has 0 atom stereocenters. The number of aryl methyl sites for hydroxylation is 1. The summed E-state index contributed by atoms with van der Waals surface area (Å²) in [5, 5.41) is 11.3. The minimum absolute atomic E-state index is 0.0512. The van der Waals surface area contributed by atoms with Crippen LogP contribution in [0.4, 0.5) is 27.6 Å². The van der Waals surface area contributed by atoms with E-state index in [0.29, 0.717) is 13.2 Å². The molecule has 0 saturated heterocycles. The lowest BCUT2D eigenvalue weighted by molar-refractivity contribution is -0.116. The van der Waals surface area contributed by atoms with Gasteiger partial charge < -0.3 is 29.4 Å². The van der Waals surface area contributed by atoms with Crippen LogP contribution in [-0.4, -0.2) is 63.7 Å². The Labute approximate surface area is 200 Å². The monoisotopic (exact) mass is 503 g/mol. The van der Waals surface area contributed by atoms with Crippen LogP contribution >= 0.6 is 0 Å². The van der Waals surface area contributed by atoms with Crippen molar-refractivity contribution < 1.29 is 45.9 Å². The van der Waals surface area contributed by atoms with Gasteiger partial charge in [0.1, 0.15) is 24.7 Å². The third-order valence-corrected chi connectivity index (χ3v) is 4.45. The first-order valence-corrected chi connectivity index (χ1v) is 10.4. The zero-order valence-corrected chi connectivity index (χ0v) is 19.1. The van der Waals surface area contributed by atoms with Gasteiger partial charge in [-0.3, -0.25) is 4.79 Å². The molecule has 2 aromatic carbocycles. The second kappa shape index (κ2) is 13.7. The van der Waals surface area contributed by atoms with Crippen molar-refractivity contribution >= 4 is 19.3 Å². The molecule has 1 radical (unpaired) electrons. The van der Waals surface area contributed by atoms with Gasteiger partial charge >= 0.3 is 7.69 Å². The lowest BCUT2D eigenvalue weighted by Crippen LogP contribution is -2.17. The summed E-state index contributed by atoms with van der Waals surface area (Å²) in [5.74, 6) is -1.45. The minimum atomic E-state index is -2.78. The number of rotatable bonds is 14. The van der Waals surface area contributed by atoms with E-state index in [1.807, 2.05) is 0 Å². The van der Waals surface area contributed by atoms with Crippen LogP contribution in [0, 0.1) is 5.82 Å². The van der Waals surface area contributed by atoms with E-state index in [1.54, 1.807) is 19.0 Å². The van der Waals surface area contributed by atoms with Crippen molar-refractivity contribution in [2.24, 2.45) is 0 Å². The van der Waals surface area contributed by atoms with Crippen LogP contribution < -0.4 is 19.4 Å². The predicted octanol–water partition coefficient (Wildman–Crippen LogP) is 3.65. The van der Waals surface area contributed by atoms with E-state index in [4.69, 9.17) is 19.2 Å². The Kier molecular flexibility index (Phi) is 11.1. The van der Waals surface area contributed by atoms with Gasteiger partial charge in [-0.2, -0.15) is 0 Å². The molecule has 1 amide bonds. The third kappa shape index (κ3) is 9.61. The second-order valence-electron chi connectivity index (χ2n) is 7.63. The Bertz CT molecular complexity index is 981. The normalized spacial score (nSPS) is 11.2. The number of halogens is 5. The van der Waals surface area contributed by atoms with E-state index < -0.39 is 37.8 Å². The summed E-state index contributed by atoms with van der Waals surface area (Å²) in [4.78, 5) is 14.2. The maximum Gasteiger partial charge on any atom is 0.569 e. The fourth-order valence-corrected chi connectivity index (χ4v) is 3.14. The van der Waals surface area contributed by atoms with E-state index in [0.717, 1.165) is 6.07 Å². The van der Waals surface area contributed by atoms with Crippen molar-refractivity contribution in [3.8, 4) is 17.2 Å². The minimum Gasteiger partial charge on any atom is -0.537 e. The Hall–Kier alpha value is -3.06. The summed E-state index contributed by atoms with van der Waals surface area (Å²) in [6.45, 7) is -1.66. The molecule has 0 aliphatic heterocycles. The Morgan fingerprint density at radius 1 is 1.06 bits per heavy atom. The van der Waals surface area contributed by atoms with Crippen molar-refractivity contribution in [3.05, 3.63) is 47.3 Å². The summed E-state index contributed by atoms with van der Waals surface area (Å²) >= 11 is 0. The number of hydrogen-bond acceptors (Lipinski definition) is 6. The standard InChI is InChI=1S/C22H25BF5N2O5/c1-30(2)10-14-7-15(9-17(24)22(14)34-12-20(27)28)29-21(31)6-3-13-8-16(35-23-32)4-5-18(13)33-11-19(25)26/h4-5,7-9,19-20,32H,3,6,10-12H2,1-2H3,(H,29,31). The zero-order valence-electron chi connectivity index (χ0n) is 19.1. The van der Waals surface area contributed by atoms with Gasteiger partial charge in [0.25, 0.3) is 12.9 Å². The summed E-state index contributed by atoms with van der Waals surface area (Å²) < 4.78 is 79.5. The van der Waals surface area contributed by atoms with Crippen LogP contribution in [0.3, 0.4) is 0 Å². The van der Waals surface area contributed by atoms with Gasteiger partial charge in [0.15, 0.2) is 11.6 Å². The molecule has 13 heteroatoms. The highest BCUT2D eigenvalue weighted by Gasteiger charge is 2.17. The van der Waals surface area contributed by atoms with Crippen molar-refractivity contribution in [2.45, 2.75) is 32.2 Å². The first-order chi connectivity index (χ1) is 16.6. The molecule has 2 aromatic rings. The molecule has 191 valence electrons. The molecule has 0 bridgehead atoms. The number of carbonyl (C=O) groups excluding carboxylic acids is 1. The molecule has 7 nitrogen and oxygen atoms in total. The lowest BCUT2D eigenvalue weighted by atomic mass is 10.1. The van der Waals surface area contributed by atoms with Crippen LogP contribution in [0.1, 0.15) is 17.5 Å². The number of benzene rings is 2. The summed E-state index contributed by atoms with van der Waals surface area (Å²) in [5.41, 5.74) is 0.726. The highest BCUT2D eigenvalue weighted by molar-refractivity contribution is 6.17. The number of hydrogen-bond donors (Lipinski definition) is 2. The molecule has 35 heavy (non-hydrogen) atoms. The Morgan fingerprint density at radius 3 is 2.37 bits per heavy atom. The lowest BCUT2D eigenvalue weighted by Gasteiger charge is -2.17. The average Bonchev–Trinajstić information content (AvgIpc) is 2.76. The molecule has 2 N–H and O–H groups in total. The average molecular weight is 503 g/mol. The van der Waals surface area contributed by atoms with E-state index in [-0.39, 0.29) is 47.9 Å². The first-order valence-electron chi connectivity index (χ1n) is 10.4. The highest BCUT2D eigenvalue weighted by Crippen LogP contribution is 2.29. The molecule has 0 aromatic heterocycles. The number of anilines is 1. The van der Waals surface area contributed by atoms with Gasteiger partial charge in [-0.1, -0.05) is 0 Å². The molecule has 0 spiro atoms. The van der Waals surface area contributed by atoms with Crippen LogP contribution in [0.2, 0.25) is 0 Å². The molecule has 0 aliphatic rings. The summed E-state index contributed by atoms with van der Waals surface area (Å²) in [6.07, 6.45) is -5.57. The van der Waals surface area contributed by atoms with Crippen molar-refractivity contribution in [3.63, 3.8) is 0 Å². The number of amides is 1. The Balaban J connectivity index is 2.14. The van der Waals surface area contributed by atoms with E-state index in [2.05, 4.69) is 5.32 Å². The summed E-state index contributed by atoms with van der Waals surface area (Å²) in [7, 11) is 3.83. The van der Waals surface area contributed by atoms with Crippen LogP contribution in [0.5, 0.6) is 17.2 Å². The number of nitrogens with one attached hydrogen (secondary N) is 1. The molecule has 0 fully saturated rings. The fraction of sp³-hybridized carbons (Fsp3) is 0.409. The maximum absolute atomic E-state index is 14.6. The van der Waals surface area contributed by atoms with Crippen molar-refractivity contribution in [2.75, 3.05) is 32.6 Å². The quantitative estimate of drug-likeness (QED) is 0.303. The number of ether oxygens (including phenoxy) is 2. The number of alkyl halides is 4. The molecule has 0 heterocycles. The van der Waals surface area contributed by atoms with Crippen LogP contribution in [0.15, 0.2) is 30.3 Å². The van der Waals surface area contributed by atoms with Gasteiger partial charge in [0.2, 0.25) is 5.91 Å². The van der Waals surface area contributed by atoms with Gasteiger partial charge in [0, 0.05) is 30.3 Å². The molecular formula is C22H25BF5N2O5. The van der Waals surface area contributed by atoms with Crippen LogP contribution in [0.25, 0.3) is 0 Å². The SMILES string of the molecule is CN(C)Cc1cc(NC(=O)CCc2cc(O[B]O)ccc2OCC(F)F)cc(F)c1OCC(F)F. The van der Waals surface area contributed by atoms with E-state index in [9.17, 15) is 26.7 Å². The first kappa shape index (κ1) is 28.2. The molecule has 0 saturated carbocycles. The number of carbonyl (C=O) groups is 1. The fourth-order valence-electron chi connectivity index (χ4n) is 3.14. The van der Waals surface area contributed by atoms with Crippen LogP contribution in [-0.2, 0) is 17.8 Å². The van der Waals surface area contributed by atoms with Gasteiger partial charge in [-0.15, -0.1) is 0 Å². The van der Waals surface area contributed by atoms with Gasteiger partial charge in [-0.25, -0.2) is 22.0 Å². The topological polar surface area (TPSA) is 80.3 Å². The third-order valence-electron chi connectivity index (χ3n) is 4.45. The van der Waals surface area contributed by atoms with E-state index >= 15 is 0 Å². The van der Waals surface area contributed by atoms with Gasteiger partial charge in [-0.05, 0) is 50.3 Å². The molecule has 2 rings (SSSR count). The smallest absolute Gasteiger partial charge is 0.537 e. The number of nitrogens with zero attached hydrogens (tertiary/aromatic N) is 1. The highest BCUT2D eigenvalue weighted by atomic mass is 19.3. The van der Waals surface area contributed by atoms with E-state index in [1.165, 1.54) is 24.3 Å². The Morgan fingerprint density at radius 2 is 1.74 bits per heavy atom. The largest absolute Gasteiger partial charge is 0.569 e. The van der Waals surface area contributed by atoms with Crippen molar-refractivity contribution in [1.82, 2.24) is 4.90 Å².